The Labute approximate surface area is 129 Å². The van der Waals surface area contributed by atoms with Crippen molar-refractivity contribution in [2.75, 3.05) is 26.7 Å². The van der Waals surface area contributed by atoms with E-state index >= 15 is 0 Å². The van der Waals surface area contributed by atoms with Crippen LogP contribution in [0.3, 0.4) is 0 Å². The van der Waals surface area contributed by atoms with Gasteiger partial charge in [-0.15, -0.1) is 0 Å². The SMILES string of the molecule is CCCNC1c2cc(OC)ccc2CCC1N(CC)CC. The molecular weight excluding hydrogens is 260 g/mol. The molecule has 1 aromatic carbocycles. The molecule has 0 saturated heterocycles. The van der Waals surface area contributed by atoms with Gasteiger partial charge in [0, 0.05) is 12.1 Å². The standard InChI is InChI=1S/C18H30N2O/c1-5-12-19-18-16-13-15(21-4)10-8-14(16)9-11-17(18)20(6-2)7-3/h8,10,13,17-19H,5-7,9,11-12H2,1-4H3. The van der Waals surface area contributed by atoms with Gasteiger partial charge in [0.1, 0.15) is 5.75 Å². The van der Waals surface area contributed by atoms with Gasteiger partial charge in [-0.25, -0.2) is 0 Å². The Morgan fingerprint density at radius 3 is 2.62 bits per heavy atom. The Hall–Kier alpha value is -1.06. The van der Waals surface area contributed by atoms with Gasteiger partial charge in [0.15, 0.2) is 0 Å². The number of methoxy groups -OCH3 is 1. The van der Waals surface area contributed by atoms with Gasteiger partial charge in [-0.05, 0) is 62.2 Å². The molecule has 2 rings (SSSR count). The molecule has 0 fully saturated rings. The van der Waals surface area contributed by atoms with Gasteiger partial charge in [0.2, 0.25) is 0 Å². The summed E-state index contributed by atoms with van der Waals surface area (Å²) in [5.41, 5.74) is 2.92. The molecule has 1 N–H and O–H groups in total. The normalized spacial score (nSPS) is 21.4. The number of ether oxygens (including phenoxy) is 1. The third kappa shape index (κ3) is 3.58. The molecule has 0 bridgehead atoms. The van der Waals surface area contributed by atoms with Crippen LogP contribution in [0.5, 0.6) is 5.75 Å². The van der Waals surface area contributed by atoms with E-state index in [0.29, 0.717) is 12.1 Å². The summed E-state index contributed by atoms with van der Waals surface area (Å²) in [6.07, 6.45) is 3.58. The topological polar surface area (TPSA) is 24.5 Å². The second-order valence-electron chi connectivity index (χ2n) is 5.82. The van der Waals surface area contributed by atoms with Gasteiger partial charge in [-0.1, -0.05) is 26.8 Å². The molecule has 21 heavy (non-hydrogen) atoms. The number of fused-ring (bicyclic) bond motifs is 1. The zero-order chi connectivity index (χ0) is 15.2. The first-order valence-corrected chi connectivity index (χ1v) is 8.39. The predicted molar refractivity (Wildman–Crippen MR) is 89.1 cm³/mol. The van der Waals surface area contributed by atoms with Gasteiger partial charge in [0.05, 0.1) is 7.11 Å². The van der Waals surface area contributed by atoms with Crippen molar-refractivity contribution in [1.29, 1.82) is 0 Å². The smallest absolute Gasteiger partial charge is 0.119 e. The van der Waals surface area contributed by atoms with Gasteiger partial charge in [-0.2, -0.15) is 0 Å². The zero-order valence-electron chi connectivity index (χ0n) is 14.0. The van der Waals surface area contributed by atoms with Crippen LogP contribution < -0.4 is 10.1 Å². The number of hydrogen-bond acceptors (Lipinski definition) is 3. The minimum absolute atomic E-state index is 0.420. The maximum absolute atomic E-state index is 5.44. The molecule has 0 aliphatic heterocycles. The van der Waals surface area contributed by atoms with E-state index < -0.39 is 0 Å². The summed E-state index contributed by atoms with van der Waals surface area (Å²) in [5, 5.41) is 3.78. The number of benzene rings is 1. The van der Waals surface area contributed by atoms with E-state index in [9.17, 15) is 0 Å². The van der Waals surface area contributed by atoms with E-state index in [4.69, 9.17) is 4.74 Å². The molecule has 118 valence electrons. The van der Waals surface area contributed by atoms with Crippen LogP contribution in [0.1, 0.15) is 50.8 Å². The fraction of sp³-hybridized carbons (Fsp3) is 0.667. The Bertz CT molecular complexity index is 443. The summed E-state index contributed by atoms with van der Waals surface area (Å²) in [5.74, 6) is 0.970. The molecule has 0 amide bonds. The molecule has 1 aliphatic carbocycles. The molecule has 3 nitrogen and oxygen atoms in total. The van der Waals surface area contributed by atoms with Crippen molar-refractivity contribution in [1.82, 2.24) is 10.2 Å². The fourth-order valence-electron chi connectivity index (χ4n) is 3.53. The first-order valence-electron chi connectivity index (χ1n) is 8.39. The number of nitrogens with zero attached hydrogens (tertiary/aromatic N) is 1. The van der Waals surface area contributed by atoms with Crippen LogP contribution in [0, 0.1) is 0 Å². The summed E-state index contributed by atoms with van der Waals surface area (Å²) >= 11 is 0. The van der Waals surface area contributed by atoms with Crippen LogP contribution in [0.25, 0.3) is 0 Å². The van der Waals surface area contributed by atoms with Crippen molar-refractivity contribution < 1.29 is 4.74 Å². The van der Waals surface area contributed by atoms with E-state index in [1.54, 1.807) is 7.11 Å². The summed E-state index contributed by atoms with van der Waals surface area (Å²) in [6, 6.07) is 7.58. The molecule has 0 saturated carbocycles. The van der Waals surface area contributed by atoms with E-state index in [1.165, 1.54) is 30.4 Å². The van der Waals surface area contributed by atoms with Crippen molar-refractivity contribution in [2.45, 2.75) is 52.1 Å². The molecule has 0 aromatic heterocycles. The van der Waals surface area contributed by atoms with Crippen molar-refractivity contribution >= 4 is 0 Å². The molecule has 0 radical (unpaired) electrons. The first kappa shape index (κ1) is 16.3. The summed E-state index contributed by atoms with van der Waals surface area (Å²) in [6.45, 7) is 10.1. The van der Waals surface area contributed by atoms with Crippen molar-refractivity contribution in [3.05, 3.63) is 29.3 Å². The highest BCUT2D eigenvalue weighted by molar-refractivity contribution is 5.40. The number of aryl methyl sites for hydroxylation is 1. The van der Waals surface area contributed by atoms with Crippen molar-refractivity contribution in [2.24, 2.45) is 0 Å². The number of likely N-dealkylation sites (N-methyl/N-ethyl adjacent to an activating group) is 1. The quantitative estimate of drug-likeness (QED) is 0.833. The maximum Gasteiger partial charge on any atom is 0.119 e. The number of nitrogens with one attached hydrogen (secondary N) is 1. The minimum Gasteiger partial charge on any atom is -0.497 e. The average molecular weight is 290 g/mol. The van der Waals surface area contributed by atoms with Crippen LogP contribution in [0.15, 0.2) is 18.2 Å². The van der Waals surface area contributed by atoms with E-state index in [-0.39, 0.29) is 0 Å². The van der Waals surface area contributed by atoms with Gasteiger partial charge >= 0.3 is 0 Å². The largest absolute Gasteiger partial charge is 0.497 e. The van der Waals surface area contributed by atoms with Crippen LogP contribution >= 0.6 is 0 Å². The third-order valence-corrected chi connectivity index (χ3v) is 4.68. The predicted octanol–water partition coefficient (Wildman–Crippen LogP) is 3.39. The maximum atomic E-state index is 5.44. The van der Waals surface area contributed by atoms with Crippen LogP contribution in [-0.2, 0) is 6.42 Å². The van der Waals surface area contributed by atoms with E-state index in [0.717, 1.165) is 25.4 Å². The molecule has 1 aliphatic rings. The van der Waals surface area contributed by atoms with E-state index in [2.05, 4.69) is 49.2 Å². The fourth-order valence-corrected chi connectivity index (χ4v) is 3.53. The highest BCUT2D eigenvalue weighted by Gasteiger charge is 2.32. The second-order valence-corrected chi connectivity index (χ2v) is 5.82. The summed E-state index contributed by atoms with van der Waals surface area (Å²) in [7, 11) is 1.75. The monoisotopic (exact) mass is 290 g/mol. The van der Waals surface area contributed by atoms with Crippen LogP contribution in [0.2, 0.25) is 0 Å². The third-order valence-electron chi connectivity index (χ3n) is 4.68. The number of hydrogen-bond donors (Lipinski definition) is 1. The molecule has 1 aromatic rings. The highest BCUT2D eigenvalue weighted by Crippen LogP contribution is 2.35. The zero-order valence-corrected chi connectivity index (χ0v) is 14.0. The van der Waals surface area contributed by atoms with Crippen molar-refractivity contribution in [3.8, 4) is 5.75 Å². The molecular formula is C18H30N2O. The average Bonchev–Trinajstić information content (AvgIpc) is 2.54. The Morgan fingerprint density at radius 2 is 2.00 bits per heavy atom. The lowest BCUT2D eigenvalue weighted by Crippen LogP contribution is -2.47. The van der Waals surface area contributed by atoms with Gasteiger partial charge in [0.25, 0.3) is 0 Å². The molecule has 2 unspecified atom stereocenters. The Morgan fingerprint density at radius 1 is 1.24 bits per heavy atom. The lowest BCUT2D eigenvalue weighted by atomic mass is 9.83. The Balaban J connectivity index is 2.33. The molecule has 0 spiro atoms. The van der Waals surface area contributed by atoms with Crippen LogP contribution in [-0.4, -0.2) is 37.7 Å². The van der Waals surface area contributed by atoms with Crippen LogP contribution in [0.4, 0.5) is 0 Å². The molecule has 2 atom stereocenters. The second kappa shape index (κ2) is 7.81. The minimum atomic E-state index is 0.420. The number of rotatable bonds is 7. The molecule has 3 heteroatoms. The highest BCUT2D eigenvalue weighted by atomic mass is 16.5. The van der Waals surface area contributed by atoms with Crippen molar-refractivity contribution in [3.63, 3.8) is 0 Å². The summed E-state index contributed by atoms with van der Waals surface area (Å²) in [4.78, 5) is 2.59. The Kier molecular flexibility index (Phi) is 6.07. The van der Waals surface area contributed by atoms with Gasteiger partial charge < -0.3 is 10.1 Å². The summed E-state index contributed by atoms with van der Waals surface area (Å²) < 4.78 is 5.44. The lowest BCUT2D eigenvalue weighted by Gasteiger charge is -2.41. The van der Waals surface area contributed by atoms with Gasteiger partial charge in [-0.3, -0.25) is 4.90 Å². The lowest BCUT2D eigenvalue weighted by molar-refractivity contribution is 0.154. The molecule has 0 heterocycles. The van der Waals surface area contributed by atoms with E-state index in [1.807, 2.05) is 0 Å². The first-order chi connectivity index (χ1) is 10.2.